The summed E-state index contributed by atoms with van der Waals surface area (Å²) < 4.78 is 0. The van der Waals surface area contributed by atoms with Crippen molar-refractivity contribution in [1.29, 1.82) is 0 Å². The van der Waals surface area contributed by atoms with Gasteiger partial charge in [-0.2, -0.15) is 0 Å². The van der Waals surface area contributed by atoms with Gasteiger partial charge in [0.2, 0.25) is 0 Å². The van der Waals surface area contributed by atoms with Crippen LogP contribution in [0, 0.1) is 16.0 Å². The molecule has 0 unspecified atom stereocenters. The number of carboxylic acids is 1. The third-order valence-electron chi connectivity index (χ3n) is 3.95. The number of piperidine rings is 1. The Bertz CT molecular complexity index is 553. The van der Waals surface area contributed by atoms with Crippen LogP contribution in [-0.2, 0) is 4.79 Å². The van der Waals surface area contributed by atoms with Crippen LogP contribution in [0.4, 0.5) is 11.4 Å². The van der Waals surface area contributed by atoms with Crippen molar-refractivity contribution in [2.75, 3.05) is 18.0 Å². The third-order valence-corrected chi connectivity index (χ3v) is 3.95. The third kappa shape index (κ3) is 3.30. The van der Waals surface area contributed by atoms with E-state index < -0.39 is 16.9 Å². The molecule has 0 saturated carbocycles. The highest BCUT2D eigenvalue weighted by Gasteiger charge is 2.25. The molecule has 2 rings (SSSR count). The molecule has 0 spiro atoms. The first kappa shape index (κ1) is 15.2. The Morgan fingerprint density at radius 1 is 1.48 bits per heavy atom. The van der Waals surface area contributed by atoms with Crippen molar-refractivity contribution < 1.29 is 14.8 Å². The van der Waals surface area contributed by atoms with E-state index in [2.05, 4.69) is 11.8 Å². The molecule has 0 bridgehead atoms. The van der Waals surface area contributed by atoms with Crippen LogP contribution in [0.1, 0.15) is 31.4 Å². The average molecular weight is 293 g/mol. The summed E-state index contributed by atoms with van der Waals surface area (Å²) in [6, 6.07) is 3.00. The van der Waals surface area contributed by atoms with Crippen molar-refractivity contribution in [3.63, 3.8) is 0 Å². The zero-order valence-electron chi connectivity index (χ0n) is 11.9. The lowest BCUT2D eigenvalue weighted by Gasteiger charge is -2.34. The first-order valence-corrected chi connectivity index (χ1v) is 6.92. The van der Waals surface area contributed by atoms with Gasteiger partial charge in [-0.25, -0.2) is 0 Å². The van der Waals surface area contributed by atoms with Crippen LogP contribution in [-0.4, -0.2) is 29.1 Å². The van der Waals surface area contributed by atoms with Gasteiger partial charge in [-0.3, -0.25) is 14.9 Å². The SMILES string of the molecule is CC1CCN(c2ccc([N+](=O)[O-])cc2[C@H](N)C(=O)O)CC1. The minimum absolute atomic E-state index is 0.143. The monoisotopic (exact) mass is 293 g/mol. The maximum absolute atomic E-state index is 11.2. The summed E-state index contributed by atoms with van der Waals surface area (Å²) in [5, 5.41) is 20.0. The van der Waals surface area contributed by atoms with Gasteiger partial charge in [0, 0.05) is 36.5 Å². The van der Waals surface area contributed by atoms with Crippen LogP contribution in [0.5, 0.6) is 0 Å². The van der Waals surface area contributed by atoms with E-state index in [9.17, 15) is 14.9 Å². The average Bonchev–Trinajstić information content (AvgIpc) is 2.46. The summed E-state index contributed by atoms with van der Waals surface area (Å²) in [5.74, 6) is -0.557. The lowest BCUT2D eigenvalue weighted by Crippen LogP contribution is -2.34. The molecule has 114 valence electrons. The number of hydrogen-bond donors (Lipinski definition) is 2. The molecule has 1 saturated heterocycles. The summed E-state index contributed by atoms with van der Waals surface area (Å²) in [6.45, 7) is 3.79. The molecule has 3 N–H and O–H groups in total. The Balaban J connectivity index is 2.39. The molecule has 21 heavy (non-hydrogen) atoms. The molecular formula is C14H19N3O4. The number of carboxylic acid groups (broad SMARTS) is 1. The van der Waals surface area contributed by atoms with Gasteiger partial charge in [0.1, 0.15) is 6.04 Å². The van der Waals surface area contributed by atoms with Crippen LogP contribution >= 0.6 is 0 Å². The van der Waals surface area contributed by atoms with E-state index >= 15 is 0 Å². The molecule has 1 aliphatic heterocycles. The van der Waals surface area contributed by atoms with Gasteiger partial charge >= 0.3 is 5.97 Å². The van der Waals surface area contributed by atoms with E-state index in [1.165, 1.54) is 12.1 Å². The van der Waals surface area contributed by atoms with Gasteiger partial charge < -0.3 is 15.7 Å². The normalized spacial score (nSPS) is 17.5. The largest absolute Gasteiger partial charge is 0.480 e. The molecule has 0 radical (unpaired) electrons. The van der Waals surface area contributed by atoms with Gasteiger partial charge in [0.25, 0.3) is 5.69 Å². The zero-order valence-corrected chi connectivity index (χ0v) is 11.9. The lowest BCUT2D eigenvalue weighted by atomic mass is 9.96. The molecule has 1 fully saturated rings. The molecule has 1 aromatic carbocycles. The number of nitro benzene ring substituents is 1. The smallest absolute Gasteiger partial charge is 0.325 e. The van der Waals surface area contributed by atoms with E-state index in [0.29, 0.717) is 17.2 Å². The van der Waals surface area contributed by atoms with E-state index in [-0.39, 0.29) is 5.69 Å². The van der Waals surface area contributed by atoms with Gasteiger partial charge in [0.15, 0.2) is 0 Å². The summed E-state index contributed by atoms with van der Waals surface area (Å²) in [4.78, 5) is 23.6. The Hall–Kier alpha value is -2.15. The Kier molecular flexibility index (Phi) is 4.42. The van der Waals surface area contributed by atoms with Crippen molar-refractivity contribution in [1.82, 2.24) is 0 Å². The number of carbonyl (C=O) groups is 1. The first-order chi connectivity index (χ1) is 9.90. The number of benzene rings is 1. The molecule has 0 aliphatic carbocycles. The Labute approximate surface area is 122 Å². The zero-order chi connectivity index (χ0) is 15.6. The quantitative estimate of drug-likeness (QED) is 0.648. The maximum Gasteiger partial charge on any atom is 0.325 e. The summed E-state index contributed by atoms with van der Waals surface area (Å²) in [6.07, 6.45) is 2.03. The fourth-order valence-corrected chi connectivity index (χ4v) is 2.58. The molecule has 0 aromatic heterocycles. The van der Waals surface area contributed by atoms with Crippen LogP contribution in [0.15, 0.2) is 18.2 Å². The number of nitrogens with two attached hydrogens (primary N) is 1. The molecular weight excluding hydrogens is 274 g/mol. The van der Waals surface area contributed by atoms with Gasteiger partial charge in [-0.15, -0.1) is 0 Å². The van der Waals surface area contributed by atoms with Gasteiger partial charge in [-0.1, -0.05) is 6.92 Å². The van der Waals surface area contributed by atoms with Crippen LogP contribution in [0.2, 0.25) is 0 Å². The van der Waals surface area contributed by atoms with E-state index in [0.717, 1.165) is 25.9 Å². The van der Waals surface area contributed by atoms with Crippen molar-refractivity contribution >= 4 is 17.3 Å². The predicted molar refractivity (Wildman–Crippen MR) is 78.3 cm³/mol. The van der Waals surface area contributed by atoms with Gasteiger partial charge in [0.05, 0.1) is 4.92 Å². The fraction of sp³-hybridized carbons (Fsp3) is 0.500. The molecule has 1 atom stereocenters. The highest BCUT2D eigenvalue weighted by Crippen LogP contribution is 2.32. The number of hydrogen-bond acceptors (Lipinski definition) is 5. The van der Waals surface area contributed by atoms with Crippen LogP contribution < -0.4 is 10.6 Å². The summed E-state index contributed by atoms with van der Waals surface area (Å²) >= 11 is 0. The molecule has 1 heterocycles. The number of non-ortho nitro benzene ring substituents is 1. The Morgan fingerprint density at radius 2 is 2.10 bits per heavy atom. The molecule has 7 heteroatoms. The maximum atomic E-state index is 11.2. The minimum atomic E-state index is -1.26. The van der Waals surface area contributed by atoms with Crippen molar-refractivity contribution in [3.8, 4) is 0 Å². The fourth-order valence-electron chi connectivity index (χ4n) is 2.58. The second kappa shape index (κ2) is 6.09. The van der Waals surface area contributed by atoms with Crippen molar-refractivity contribution in [2.45, 2.75) is 25.8 Å². The lowest BCUT2D eigenvalue weighted by molar-refractivity contribution is -0.384. The first-order valence-electron chi connectivity index (χ1n) is 6.92. The molecule has 7 nitrogen and oxygen atoms in total. The summed E-state index contributed by atoms with van der Waals surface area (Å²) in [7, 11) is 0. The number of nitro groups is 1. The van der Waals surface area contributed by atoms with E-state index in [1.54, 1.807) is 6.07 Å². The van der Waals surface area contributed by atoms with E-state index in [1.807, 2.05) is 0 Å². The topological polar surface area (TPSA) is 110 Å². The predicted octanol–water partition coefficient (Wildman–Crippen LogP) is 1.92. The second-order valence-electron chi connectivity index (χ2n) is 5.49. The Morgan fingerprint density at radius 3 is 2.62 bits per heavy atom. The second-order valence-corrected chi connectivity index (χ2v) is 5.49. The number of aliphatic carboxylic acids is 1. The van der Waals surface area contributed by atoms with Crippen LogP contribution in [0.3, 0.4) is 0 Å². The van der Waals surface area contributed by atoms with E-state index in [4.69, 9.17) is 10.8 Å². The van der Waals surface area contributed by atoms with Gasteiger partial charge in [-0.05, 0) is 24.8 Å². The number of nitrogens with zero attached hydrogens (tertiary/aromatic N) is 2. The van der Waals surface area contributed by atoms with Crippen molar-refractivity contribution in [2.24, 2.45) is 11.7 Å². The molecule has 1 aliphatic rings. The summed E-state index contributed by atoms with van der Waals surface area (Å²) in [5.41, 5.74) is 6.53. The molecule has 1 aromatic rings. The van der Waals surface area contributed by atoms with Crippen molar-refractivity contribution in [3.05, 3.63) is 33.9 Å². The van der Waals surface area contributed by atoms with Crippen LogP contribution in [0.25, 0.3) is 0 Å². The highest BCUT2D eigenvalue weighted by molar-refractivity contribution is 5.79. The highest BCUT2D eigenvalue weighted by atomic mass is 16.6. The number of anilines is 1. The standard InChI is InChI=1S/C14H19N3O4/c1-9-4-6-16(7-5-9)12-3-2-10(17(20)21)8-11(12)13(15)14(18)19/h2-3,8-9,13H,4-7,15H2,1H3,(H,18,19)/t13-/m0/s1. The number of rotatable bonds is 4. The minimum Gasteiger partial charge on any atom is -0.480 e. The molecule has 0 amide bonds.